The molecule has 2 aromatic carbocycles. The van der Waals surface area contributed by atoms with Crippen molar-refractivity contribution in [3.8, 4) is 0 Å². The van der Waals surface area contributed by atoms with E-state index in [9.17, 15) is 0 Å². The molecule has 0 amide bonds. The lowest BCUT2D eigenvalue weighted by atomic mass is 10.1. The molecule has 0 aromatic heterocycles. The van der Waals surface area contributed by atoms with Crippen LogP contribution in [0, 0.1) is 0 Å². The molecule has 0 unspecified atom stereocenters. The molecule has 2 aromatic rings. The summed E-state index contributed by atoms with van der Waals surface area (Å²) in [5.41, 5.74) is 9.76. The highest BCUT2D eigenvalue weighted by Gasteiger charge is 2.12. The Morgan fingerprint density at radius 2 is 1.56 bits per heavy atom. The Morgan fingerprint density at radius 3 is 2.44 bits per heavy atom. The molecule has 1 aliphatic rings. The van der Waals surface area contributed by atoms with Crippen molar-refractivity contribution in [3.63, 3.8) is 0 Å². The third-order valence-electron chi connectivity index (χ3n) is 2.62. The van der Waals surface area contributed by atoms with E-state index in [1.807, 2.05) is 48.5 Å². The zero-order chi connectivity index (χ0) is 11.0. The first-order valence-electron chi connectivity index (χ1n) is 5.14. The van der Waals surface area contributed by atoms with Crippen molar-refractivity contribution in [1.29, 1.82) is 0 Å². The second-order valence-corrected chi connectivity index (χ2v) is 3.68. The highest BCUT2D eigenvalue weighted by atomic mass is 15.0. The van der Waals surface area contributed by atoms with Gasteiger partial charge in [0.2, 0.25) is 0 Å². The molecule has 0 atom stereocenters. The second-order valence-electron chi connectivity index (χ2n) is 3.68. The van der Waals surface area contributed by atoms with Gasteiger partial charge >= 0.3 is 0 Å². The molecule has 3 heteroatoms. The number of fused-ring (bicyclic) bond motifs is 2. The third kappa shape index (κ3) is 1.34. The average molecular weight is 209 g/mol. The molecule has 3 N–H and O–H groups in total. The Hall–Kier alpha value is -2.29. The van der Waals surface area contributed by atoms with Gasteiger partial charge in [-0.3, -0.25) is 0 Å². The van der Waals surface area contributed by atoms with Crippen LogP contribution in [-0.2, 0) is 0 Å². The minimum atomic E-state index is 0.549. The zero-order valence-corrected chi connectivity index (χ0v) is 8.64. The van der Waals surface area contributed by atoms with E-state index in [0.29, 0.717) is 5.84 Å². The molecule has 0 saturated heterocycles. The predicted molar refractivity (Wildman–Crippen MR) is 66.6 cm³/mol. The van der Waals surface area contributed by atoms with Gasteiger partial charge in [0.05, 0.1) is 11.4 Å². The quantitative estimate of drug-likeness (QED) is 0.701. The number of amidine groups is 1. The summed E-state index contributed by atoms with van der Waals surface area (Å²) in [6.45, 7) is 0. The smallest absolute Gasteiger partial charge is 0.133 e. The molecule has 0 saturated carbocycles. The fourth-order valence-corrected chi connectivity index (χ4v) is 1.83. The van der Waals surface area contributed by atoms with Crippen LogP contribution in [0.1, 0.15) is 5.56 Å². The summed E-state index contributed by atoms with van der Waals surface area (Å²) in [5, 5.41) is 3.34. The van der Waals surface area contributed by atoms with E-state index < -0.39 is 0 Å². The maximum atomic E-state index is 5.97. The monoisotopic (exact) mass is 209 g/mol. The topological polar surface area (TPSA) is 50.4 Å². The first-order chi connectivity index (χ1) is 7.84. The van der Waals surface area contributed by atoms with Gasteiger partial charge in [0.25, 0.3) is 0 Å². The molecule has 16 heavy (non-hydrogen) atoms. The third-order valence-corrected chi connectivity index (χ3v) is 2.62. The summed E-state index contributed by atoms with van der Waals surface area (Å²) in [7, 11) is 0. The number of nitrogens with one attached hydrogen (secondary N) is 1. The molecular formula is C13H11N3. The van der Waals surface area contributed by atoms with Crippen molar-refractivity contribution in [1.82, 2.24) is 0 Å². The number of rotatable bonds is 0. The predicted octanol–water partition coefficient (Wildman–Crippen LogP) is 2.78. The molecular weight excluding hydrogens is 198 g/mol. The molecule has 1 heterocycles. The largest absolute Gasteiger partial charge is 0.383 e. The van der Waals surface area contributed by atoms with Crippen LogP contribution in [0.25, 0.3) is 0 Å². The van der Waals surface area contributed by atoms with E-state index in [-0.39, 0.29) is 0 Å². The van der Waals surface area contributed by atoms with Gasteiger partial charge in [-0.05, 0) is 24.3 Å². The van der Waals surface area contributed by atoms with Crippen molar-refractivity contribution < 1.29 is 0 Å². The number of hydrogen-bond donors (Lipinski definition) is 2. The lowest BCUT2D eigenvalue weighted by Crippen LogP contribution is -2.13. The van der Waals surface area contributed by atoms with E-state index in [4.69, 9.17) is 5.73 Å². The normalized spacial score (nSPS) is 12.9. The van der Waals surface area contributed by atoms with Crippen molar-refractivity contribution in [3.05, 3.63) is 54.1 Å². The molecule has 0 aliphatic carbocycles. The molecule has 1 aliphatic heterocycles. The fourth-order valence-electron chi connectivity index (χ4n) is 1.83. The zero-order valence-electron chi connectivity index (χ0n) is 8.64. The summed E-state index contributed by atoms with van der Waals surface area (Å²) in [4.78, 5) is 4.41. The van der Waals surface area contributed by atoms with E-state index in [1.165, 1.54) is 0 Å². The van der Waals surface area contributed by atoms with Crippen LogP contribution >= 0.6 is 0 Å². The minimum Gasteiger partial charge on any atom is -0.383 e. The molecule has 0 fully saturated rings. The summed E-state index contributed by atoms with van der Waals surface area (Å²) in [6, 6.07) is 15.8. The summed E-state index contributed by atoms with van der Waals surface area (Å²) < 4.78 is 0. The minimum absolute atomic E-state index is 0.549. The molecule has 0 spiro atoms. The molecule has 3 rings (SSSR count). The van der Waals surface area contributed by atoms with Crippen LogP contribution in [-0.4, -0.2) is 5.84 Å². The standard InChI is InChI=1S/C13H11N3/c14-13-9-5-1-2-6-10(9)15-11-7-3-4-8-12(11)16-13/h1-8,15H,(H2,14,16). The Balaban J connectivity index is 2.25. The van der Waals surface area contributed by atoms with Gasteiger partial charge in [0.1, 0.15) is 5.84 Å². The van der Waals surface area contributed by atoms with E-state index in [1.54, 1.807) is 0 Å². The van der Waals surface area contributed by atoms with Crippen LogP contribution in [0.4, 0.5) is 17.1 Å². The van der Waals surface area contributed by atoms with Crippen LogP contribution in [0.3, 0.4) is 0 Å². The fraction of sp³-hybridized carbons (Fsp3) is 0. The van der Waals surface area contributed by atoms with Gasteiger partial charge in [0, 0.05) is 11.3 Å². The maximum absolute atomic E-state index is 5.97. The summed E-state index contributed by atoms with van der Waals surface area (Å²) in [5.74, 6) is 0.549. The van der Waals surface area contributed by atoms with Gasteiger partial charge in [-0.15, -0.1) is 0 Å². The number of hydrogen-bond acceptors (Lipinski definition) is 3. The van der Waals surface area contributed by atoms with E-state index in [0.717, 1.165) is 22.6 Å². The van der Waals surface area contributed by atoms with E-state index >= 15 is 0 Å². The lowest BCUT2D eigenvalue weighted by Gasteiger charge is -2.08. The van der Waals surface area contributed by atoms with Crippen molar-refractivity contribution in [2.45, 2.75) is 0 Å². The molecule has 0 radical (unpaired) electrons. The average Bonchev–Trinajstić information content (AvgIpc) is 2.45. The van der Waals surface area contributed by atoms with Crippen LogP contribution in [0.2, 0.25) is 0 Å². The number of nitrogens with zero attached hydrogens (tertiary/aromatic N) is 1. The Morgan fingerprint density at radius 1 is 0.875 bits per heavy atom. The number of aliphatic imine (C=N–C) groups is 1. The Bertz CT molecular complexity index is 573. The highest BCUT2D eigenvalue weighted by molar-refractivity contribution is 6.06. The Labute approximate surface area is 93.6 Å². The second kappa shape index (κ2) is 3.38. The molecule has 0 bridgehead atoms. The summed E-state index contributed by atoms with van der Waals surface area (Å²) in [6.07, 6.45) is 0. The SMILES string of the molecule is NC1=Nc2ccccc2Nc2ccccc21. The van der Waals surface area contributed by atoms with Gasteiger partial charge in [0.15, 0.2) is 0 Å². The van der Waals surface area contributed by atoms with Crippen LogP contribution in [0.15, 0.2) is 53.5 Å². The van der Waals surface area contributed by atoms with Gasteiger partial charge in [-0.1, -0.05) is 24.3 Å². The van der Waals surface area contributed by atoms with Crippen LogP contribution < -0.4 is 11.1 Å². The van der Waals surface area contributed by atoms with Crippen LogP contribution in [0.5, 0.6) is 0 Å². The van der Waals surface area contributed by atoms with E-state index in [2.05, 4.69) is 10.3 Å². The van der Waals surface area contributed by atoms with Gasteiger partial charge < -0.3 is 11.1 Å². The van der Waals surface area contributed by atoms with Crippen molar-refractivity contribution in [2.24, 2.45) is 10.7 Å². The lowest BCUT2D eigenvalue weighted by molar-refractivity contribution is 1.48. The van der Waals surface area contributed by atoms with Gasteiger partial charge in [-0.2, -0.15) is 0 Å². The summed E-state index contributed by atoms with van der Waals surface area (Å²) >= 11 is 0. The number of para-hydroxylation sites is 3. The number of benzene rings is 2. The first-order valence-corrected chi connectivity index (χ1v) is 5.14. The number of nitrogens with two attached hydrogens (primary N) is 1. The highest BCUT2D eigenvalue weighted by Crippen LogP contribution is 2.32. The van der Waals surface area contributed by atoms with Gasteiger partial charge in [-0.25, -0.2) is 4.99 Å². The van der Waals surface area contributed by atoms with Crippen molar-refractivity contribution in [2.75, 3.05) is 5.32 Å². The molecule has 78 valence electrons. The first kappa shape index (κ1) is 8.97. The number of anilines is 2. The molecule has 3 nitrogen and oxygen atoms in total. The Kier molecular flexibility index (Phi) is 1.90. The maximum Gasteiger partial charge on any atom is 0.133 e. The van der Waals surface area contributed by atoms with Crippen molar-refractivity contribution >= 4 is 22.9 Å².